The van der Waals surface area contributed by atoms with Crippen LogP contribution in [-0.4, -0.2) is 46.2 Å². The van der Waals surface area contributed by atoms with Crippen molar-refractivity contribution in [1.82, 2.24) is 19.4 Å². The van der Waals surface area contributed by atoms with Gasteiger partial charge < -0.3 is 15.0 Å². The predicted octanol–water partition coefficient (Wildman–Crippen LogP) is 5.38. The van der Waals surface area contributed by atoms with Crippen LogP contribution in [0.2, 0.25) is 10.0 Å². The quantitative estimate of drug-likeness (QED) is 0.352. The minimum atomic E-state index is -0.248. The zero-order valence-corrected chi connectivity index (χ0v) is 20.7. The third-order valence-electron chi connectivity index (χ3n) is 5.57. The number of ether oxygens (including phenoxy) is 1. The third kappa shape index (κ3) is 5.17. The first-order valence-corrected chi connectivity index (χ1v) is 11.6. The molecule has 0 saturated heterocycles. The number of hydrogen-bond donors (Lipinski definition) is 1. The molecule has 1 N–H and O–H groups in total. The fourth-order valence-corrected chi connectivity index (χ4v) is 4.08. The number of halogens is 2. The van der Waals surface area contributed by atoms with Crippen LogP contribution in [0.25, 0.3) is 22.2 Å². The summed E-state index contributed by atoms with van der Waals surface area (Å²) in [7, 11) is 3.72. The Kier molecular flexibility index (Phi) is 7.36. The summed E-state index contributed by atoms with van der Waals surface area (Å²) in [6.45, 7) is 4.59. The number of nitrogens with zero attached hydrogens (tertiary/aromatic N) is 4. The normalized spacial score (nSPS) is 11.2. The summed E-state index contributed by atoms with van der Waals surface area (Å²) in [5.74, 6) is 1.17. The van der Waals surface area contributed by atoms with E-state index in [2.05, 4.69) is 34.2 Å². The van der Waals surface area contributed by atoms with Gasteiger partial charge in [-0.1, -0.05) is 36.2 Å². The number of pyridine rings is 1. The minimum Gasteiger partial charge on any atom is -0.492 e. The van der Waals surface area contributed by atoms with Crippen LogP contribution in [0.15, 0.2) is 59.5 Å². The van der Waals surface area contributed by atoms with E-state index < -0.39 is 0 Å². The number of hydrogen-bond acceptors (Lipinski definition) is 6. The zero-order chi connectivity index (χ0) is 24.2. The van der Waals surface area contributed by atoms with Gasteiger partial charge in [-0.05, 0) is 56.1 Å². The van der Waals surface area contributed by atoms with E-state index >= 15 is 0 Å². The van der Waals surface area contributed by atoms with Crippen molar-refractivity contribution in [3.63, 3.8) is 0 Å². The Balaban J connectivity index is 1.56. The molecule has 0 aliphatic rings. The molecule has 0 aliphatic carbocycles. The largest absolute Gasteiger partial charge is 0.492 e. The van der Waals surface area contributed by atoms with Gasteiger partial charge >= 0.3 is 0 Å². The predicted molar refractivity (Wildman–Crippen MR) is 139 cm³/mol. The molecule has 0 radical (unpaired) electrons. The number of benzene rings is 2. The number of anilines is 2. The number of likely N-dealkylation sites (N-methyl/N-ethyl adjacent to an activating group) is 1. The third-order valence-corrected chi connectivity index (χ3v) is 6.20. The molecule has 2 aromatic heterocycles. The molecule has 0 amide bonds. The molecule has 7 nitrogen and oxygen atoms in total. The second-order valence-electron chi connectivity index (χ2n) is 7.89. The Morgan fingerprint density at radius 3 is 2.50 bits per heavy atom. The molecule has 0 unspecified atom stereocenters. The molecular formula is C25H25Cl2N5O2. The van der Waals surface area contributed by atoms with Crippen molar-refractivity contribution in [2.45, 2.75) is 6.92 Å². The summed E-state index contributed by atoms with van der Waals surface area (Å²) < 4.78 is 7.25. The lowest BCUT2D eigenvalue weighted by atomic mass is 10.1. The SMILES string of the molecule is CCN(C)CCOc1ccc(Nc2ncc3cc(-c4c(Cl)cccc4Cl)c(=O)n(C)c3n2)cc1. The number of aromatic nitrogens is 3. The Bertz CT molecular complexity index is 1350. The average Bonchev–Trinajstić information content (AvgIpc) is 2.83. The summed E-state index contributed by atoms with van der Waals surface area (Å²) in [5.41, 5.74) is 1.95. The van der Waals surface area contributed by atoms with Gasteiger partial charge in [0.15, 0.2) is 0 Å². The molecule has 4 rings (SSSR count). The van der Waals surface area contributed by atoms with E-state index in [-0.39, 0.29) is 5.56 Å². The van der Waals surface area contributed by atoms with Crippen molar-refractivity contribution >= 4 is 45.9 Å². The van der Waals surface area contributed by atoms with Gasteiger partial charge in [-0.15, -0.1) is 0 Å². The number of rotatable bonds is 8. The fraction of sp³-hybridized carbons (Fsp3) is 0.240. The molecule has 0 bridgehead atoms. The zero-order valence-electron chi connectivity index (χ0n) is 19.2. The van der Waals surface area contributed by atoms with Crippen LogP contribution in [0.4, 0.5) is 11.6 Å². The molecule has 176 valence electrons. The highest BCUT2D eigenvalue weighted by molar-refractivity contribution is 6.39. The summed E-state index contributed by atoms with van der Waals surface area (Å²) in [6, 6.07) is 14.4. The number of nitrogens with one attached hydrogen (secondary N) is 1. The van der Waals surface area contributed by atoms with Crippen molar-refractivity contribution in [2.24, 2.45) is 7.05 Å². The number of fused-ring (bicyclic) bond motifs is 1. The summed E-state index contributed by atoms with van der Waals surface area (Å²) in [4.78, 5) is 24.2. The molecule has 34 heavy (non-hydrogen) atoms. The first-order valence-electron chi connectivity index (χ1n) is 10.9. The maximum atomic E-state index is 13.1. The van der Waals surface area contributed by atoms with Crippen molar-refractivity contribution in [3.8, 4) is 16.9 Å². The molecule has 0 spiro atoms. The molecule has 0 fully saturated rings. The Labute approximate surface area is 207 Å². The van der Waals surface area contributed by atoms with Gasteiger partial charge in [-0.2, -0.15) is 4.98 Å². The highest BCUT2D eigenvalue weighted by atomic mass is 35.5. The van der Waals surface area contributed by atoms with Gasteiger partial charge in [0.05, 0.1) is 15.6 Å². The molecule has 9 heteroatoms. The van der Waals surface area contributed by atoms with Crippen molar-refractivity contribution in [2.75, 3.05) is 32.1 Å². The van der Waals surface area contributed by atoms with Crippen LogP contribution in [0.3, 0.4) is 0 Å². The van der Waals surface area contributed by atoms with Gasteiger partial charge in [-0.3, -0.25) is 9.36 Å². The van der Waals surface area contributed by atoms with E-state index in [1.54, 1.807) is 37.5 Å². The highest BCUT2D eigenvalue weighted by Gasteiger charge is 2.16. The Morgan fingerprint density at radius 2 is 1.82 bits per heavy atom. The molecule has 2 heterocycles. The Hall–Kier alpha value is -3.13. The minimum absolute atomic E-state index is 0.248. The van der Waals surface area contributed by atoms with Crippen LogP contribution < -0.4 is 15.6 Å². The van der Waals surface area contributed by atoms with E-state index in [0.29, 0.717) is 44.8 Å². The van der Waals surface area contributed by atoms with Gasteiger partial charge in [0.25, 0.3) is 5.56 Å². The number of aryl methyl sites for hydroxylation is 1. The standard InChI is InChI=1S/C25H25Cl2N5O2/c1-4-31(2)12-13-34-18-10-8-17(9-11-18)29-25-28-15-16-14-19(24(33)32(3)23(16)30-25)22-20(26)6-5-7-21(22)27/h5-11,14-15H,4,12-13H2,1-3H3,(H,28,29,30). The molecule has 4 aromatic rings. The van der Waals surface area contributed by atoms with E-state index in [4.69, 9.17) is 27.9 Å². The lowest BCUT2D eigenvalue weighted by molar-refractivity contribution is 0.244. The van der Waals surface area contributed by atoms with Crippen LogP contribution in [0, 0.1) is 0 Å². The average molecular weight is 498 g/mol. The highest BCUT2D eigenvalue weighted by Crippen LogP contribution is 2.33. The van der Waals surface area contributed by atoms with Crippen LogP contribution in [-0.2, 0) is 7.05 Å². The second kappa shape index (κ2) is 10.4. The maximum Gasteiger partial charge on any atom is 0.259 e. The van der Waals surface area contributed by atoms with Gasteiger partial charge in [0.2, 0.25) is 5.95 Å². The van der Waals surface area contributed by atoms with E-state index in [1.165, 1.54) is 4.57 Å². The lowest BCUT2D eigenvalue weighted by Gasteiger charge is -2.14. The maximum absolute atomic E-state index is 13.1. The van der Waals surface area contributed by atoms with Crippen molar-refractivity contribution in [3.05, 3.63) is 75.1 Å². The second-order valence-corrected chi connectivity index (χ2v) is 8.70. The van der Waals surface area contributed by atoms with Gasteiger partial charge in [-0.25, -0.2) is 4.98 Å². The molecule has 0 aliphatic heterocycles. The summed E-state index contributed by atoms with van der Waals surface area (Å²) in [5, 5.41) is 4.69. The van der Waals surface area contributed by atoms with Gasteiger partial charge in [0, 0.05) is 36.4 Å². The summed E-state index contributed by atoms with van der Waals surface area (Å²) >= 11 is 12.7. The van der Waals surface area contributed by atoms with Crippen LogP contribution >= 0.6 is 23.2 Å². The van der Waals surface area contributed by atoms with Crippen molar-refractivity contribution in [1.29, 1.82) is 0 Å². The van der Waals surface area contributed by atoms with Crippen molar-refractivity contribution < 1.29 is 4.74 Å². The van der Waals surface area contributed by atoms with E-state index in [0.717, 1.165) is 24.5 Å². The molecule has 0 atom stereocenters. The van der Waals surface area contributed by atoms with E-state index in [1.807, 2.05) is 24.3 Å². The van der Waals surface area contributed by atoms with Crippen LogP contribution in [0.1, 0.15) is 6.92 Å². The molecule has 0 saturated carbocycles. The summed E-state index contributed by atoms with van der Waals surface area (Å²) in [6.07, 6.45) is 1.67. The lowest BCUT2D eigenvalue weighted by Crippen LogP contribution is -2.23. The smallest absolute Gasteiger partial charge is 0.259 e. The fourth-order valence-electron chi connectivity index (χ4n) is 3.48. The first kappa shape index (κ1) is 24.0. The monoisotopic (exact) mass is 497 g/mol. The van der Waals surface area contributed by atoms with Crippen LogP contribution in [0.5, 0.6) is 5.75 Å². The molecule has 2 aromatic carbocycles. The topological polar surface area (TPSA) is 72.3 Å². The molecular weight excluding hydrogens is 473 g/mol. The van der Waals surface area contributed by atoms with E-state index in [9.17, 15) is 4.79 Å². The first-order chi connectivity index (χ1) is 16.4. The Morgan fingerprint density at radius 1 is 1.12 bits per heavy atom. The van der Waals surface area contributed by atoms with Gasteiger partial charge in [0.1, 0.15) is 18.0 Å².